The number of nitrogens with one attached hydrogen (secondary N) is 3. The molecule has 2 aromatic rings. The molecular weight excluding hydrogens is 566 g/mol. The Bertz CT molecular complexity index is 1340. The first-order chi connectivity index (χ1) is 19.5. The van der Waals surface area contributed by atoms with Crippen LogP contribution in [0.2, 0.25) is 0 Å². The smallest absolute Gasteiger partial charge is 0.341 e. The lowest BCUT2D eigenvalue weighted by Crippen LogP contribution is -2.42. The van der Waals surface area contributed by atoms with E-state index >= 15 is 4.39 Å². The summed E-state index contributed by atoms with van der Waals surface area (Å²) in [5.74, 6) is 0.707. The number of esters is 2. The van der Waals surface area contributed by atoms with Crippen molar-refractivity contribution in [3.8, 4) is 12.3 Å². The van der Waals surface area contributed by atoms with Gasteiger partial charge in [-0.15, -0.1) is 6.42 Å². The van der Waals surface area contributed by atoms with Crippen molar-refractivity contribution in [3.05, 3.63) is 6.33 Å². The lowest BCUT2D eigenvalue weighted by atomic mass is 9.97. The Hall–Kier alpha value is -3.39. The third-order valence-corrected chi connectivity index (χ3v) is 7.83. The number of fused-ring (bicyclic) bond motifs is 1. The predicted octanol–water partition coefficient (Wildman–Crippen LogP) is 0.0127. The van der Waals surface area contributed by atoms with Gasteiger partial charge in [0, 0.05) is 6.04 Å². The first-order valence-electron chi connectivity index (χ1n) is 12.9. The molecule has 0 radical (unpaired) electrons. The van der Waals surface area contributed by atoms with Gasteiger partial charge in [0.25, 0.3) is 0 Å². The Labute approximate surface area is 234 Å². The molecule has 2 fully saturated rings. The first kappa shape index (κ1) is 30.6. The number of halogens is 1. The predicted molar refractivity (Wildman–Crippen MR) is 142 cm³/mol. The van der Waals surface area contributed by atoms with Crippen molar-refractivity contribution in [1.29, 1.82) is 0 Å². The van der Waals surface area contributed by atoms with Crippen LogP contribution >= 0.6 is 7.67 Å². The topological polar surface area (TPSA) is 214 Å². The number of imidazole rings is 1. The molecule has 4 atom stereocenters. The number of nitrogens with two attached hydrogens (primary N) is 1. The monoisotopic (exact) mass is 598 g/mol. The van der Waals surface area contributed by atoms with Crippen LogP contribution in [0.15, 0.2) is 6.33 Å². The molecule has 1 saturated heterocycles. The molecule has 6 N–H and O–H groups in total. The number of aromatic nitrogens is 4. The van der Waals surface area contributed by atoms with E-state index in [0.29, 0.717) is 11.3 Å². The number of hydrogen-bond donors (Lipinski definition) is 5. The molecule has 2 aliphatic rings. The van der Waals surface area contributed by atoms with Crippen molar-refractivity contribution in [2.45, 2.75) is 56.8 Å². The molecule has 1 saturated carbocycles. The number of aliphatic hydroxyl groups excluding tert-OH is 1. The van der Waals surface area contributed by atoms with E-state index in [9.17, 15) is 19.3 Å². The number of hydrogen-bond acceptors (Lipinski definition) is 13. The van der Waals surface area contributed by atoms with Crippen molar-refractivity contribution in [2.24, 2.45) is 0 Å². The van der Waals surface area contributed by atoms with Crippen molar-refractivity contribution in [3.63, 3.8) is 0 Å². The van der Waals surface area contributed by atoms with E-state index < -0.39 is 63.4 Å². The van der Waals surface area contributed by atoms with Crippen LogP contribution in [0.1, 0.15) is 32.9 Å². The number of nitrogens with zero attached hydrogens (tertiary/aromatic N) is 4. The van der Waals surface area contributed by atoms with Gasteiger partial charge in [0.05, 0.1) is 26.1 Å². The number of carbonyl (C=O) groups excluding carboxylic acids is 2. The van der Waals surface area contributed by atoms with Crippen LogP contribution in [0.5, 0.6) is 0 Å². The summed E-state index contributed by atoms with van der Waals surface area (Å²) in [5, 5.41) is 18.8. The summed E-state index contributed by atoms with van der Waals surface area (Å²) in [5.41, 5.74) is 3.47. The van der Waals surface area contributed by atoms with Gasteiger partial charge >= 0.3 is 19.6 Å². The van der Waals surface area contributed by atoms with E-state index in [1.54, 1.807) is 13.8 Å². The summed E-state index contributed by atoms with van der Waals surface area (Å²) in [6.45, 7) is 1.56. The van der Waals surface area contributed by atoms with Gasteiger partial charge in [-0.25, -0.2) is 19.5 Å². The summed E-state index contributed by atoms with van der Waals surface area (Å²) in [4.78, 5) is 36.2. The normalized spacial score (nSPS) is 24.2. The SMILES string of the molecule is C#C[C@@]1(F)[C@H](O)[C@@H](COP(=O)(NCC(=O)OCC)NCC(=O)OCC)O[C@H]1n1cnc2c(NC3CC3)nc(N)nc21. The van der Waals surface area contributed by atoms with Crippen LogP contribution in [-0.4, -0.2) is 93.4 Å². The summed E-state index contributed by atoms with van der Waals surface area (Å²) in [6, 6.07) is 0.209. The van der Waals surface area contributed by atoms with Crippen LogP contribution in [0.3, 0.4) is 0 Å². The molecule has 0 spiro atoms. The average Bonchev–Trinajstić information content (AvgIpc) is 3.60. The molecule has 1 aliphatic carbocycles. The van der Waals surface area contributed by atoms with Gasteiger partial charge in [-0.2, -0.15) is 9.97 Å². The highest BCUT2D eigenvalue weighted by Gasteiger charge is 2.58. The number of nitrogen functional groups attached to an aromatic ring is 1. The maximum absolute atomic E-state index is 16.1. The van der Waals surface area contributed by atoms with Crippen molar-refractivity contribution >= 4 is 42.5 Å². The zero-order valence-electron chi connectivity index (χ0n) is 22.4. The molecule has 18 heteroatoms. The number of anilines is 2. The van der Waals surface area contributed by atoms with Gasteiger partial charge in [0.2, 0.25) is 11.6 Å². The van der Waals surface area contributed by atoms with Crippen molar-refractivity contribution in [1.82, 2.24) is 29.7 Å². The molecule has 0 bridgehead atoms. The molecule has 41 heavy (non-hydrogen) atoms. The lowest BCUT2D eigenvalue weighted by molar-refractivity contribution is -0.142. The van der Waals surface area contributed by atoms with Gasteiger partial charge in [-0.1, -0.05) is 5.92 Å². The van der Waals surface area contributed by atoms with Crippen LogP contribution < -0.4 is 21.2 Å². The van der Waals surface area contributed by atoms with E-state index in [-0.39, 0.29) is 30.9 Å². The second kappa shape index (κ2) is 12.6. The molecule has 4 rings (SSSR count). The van der Waals surface area contributed by atoms with Crippen LogP contribution in [0.25, 0.3) is 11.2 Å². The number of alkyl halides is 1. The van der Waals surface area contributed by atoms with E-state index in [1.165, 1.54) is 10.9 Å². The number of aliphatic hydroxyl groups is 1. The first-order valence-corrected chi connectivity index (χ1v) is 14.5. The van der Waals surface area contributed by atoms with Gasteiger partial charge in [0.15, 0.2) is 23.2 Å². The fourth-order valence-electron chi connectivity index (χ4n) is 4.02. The number of ether oxygens (including phenoxy) is 3. The molecule has 0 unspecified atom stereocenters. The van der Waals surface area contributed by atoms with Crippen molar-refractivity contribution < 1.29 is 42.4 Å². The largest absolute Gasteiger partial charge is 0.465 e. The minimum atomic E-state index is -4.17. The standard InChI is InChI=1S/C23H32FN8O8P/c1-4-23(24)18(35)14(11-39-41(36,27-9-15(33)37-5-2)28-10-16(34)38-6-3)40-21(23)32-12-26-17-19(29-13-7-8-13)30-22(25)31-20(17)32/h1,12-14,18,21,35H,5-11H2,2-3H3,(H2,27,28,36)(H3,25,29,30,31)/t14-,18-,21-,23-/m1/s1. The Morgan fingerprint density at radius 3 is 2.46 bits per heavy atom. The van der Waals surface area contributed by atoms with Crippen molar-refractivity contribution in [2.75, 3.05) is 44.0 Å². The molecular formula is C23H32FN8O8P. The van der Waals surface area contributed by atoms with Crippen LogP contribution in [-0.2, 0) is 32.9 Å². The molecule has 0 amide bonds. The highest BCUT2D eigenvalue weighted by Crippen LogP contribution is 2.45. The fraction of sp³-hybridized carbons (Fsp3) is 0.609. The Morgan fingerprint density at radius 1 is 1.27 bits per heavy atom. The van der Waals surface area contributed by atoms with E-state index in [4.69, 9.17) is 30.9 Å². The van der Waals surface area contributed by atoms with Gasteiger partial charge in [-0.3, -0.25) is 18.7 Å². The van der Waals surface area contributed by atoms with Crippen LogP contribution in [0, 0.1) is 12.3 Å². The zero-order chi connectivity index (χ0) is 29.8. The molecule has 3 heterocycles. The van der Waals surface area contributed by atoms with E-state index in [0.717, 1.165) is 12.8 Å². The summed E-state index contributed by atoms with van der Waals surface area (Å²) in [6.07, 6.45) is 3.59. The highest BCUT2D eigenvalue weighted by atomic mass is 31.2. The summed E-state index contributed by atoms with van der Waals surface area (Å²) >= 11 is 0. The number of terminal acetylenes is 1. The summed E-state index contributed by atoms with van der Waals surface area (Å²) in [7, 11) is -4.17. The minimum absolute atomic E-state index is 0.0771. The molecule has 0 aromatic carbocycles. The number of rotatable bonds is 14. The third kappa shape index (κ3) is 6.92. The zero-order valence-corrected chi connectivity index (χ0v) is 23.3. The maximum atomic E-state index is 16.1. The average molecular weight is 599 g/mol. The maximum Gasteiger partial charge on any atom is 0.341 e. The quantitative estimate of drug-likeness (QED) is 0.110. The summed E-state index contributed by atoms with van der Waals surface area (Å²) < 4.78 is 51.5. The fourth-order valence-corrected chi connectivity index (χ4v) is 5.35. The van der Waals surface area contributed by atoms with E-state index in [1.807, 2.05) is 5.92 Å². The molecule has 1 aliphatic heterocycles. The molecule has 16 nitrogen and oxygen atoms in total. The second-order valence-corrected chi connectivity index (χ2v) is 11.2. The molecule has 2 aromatic heterocycles. The third-order valence-electron chi connectivity index (χ3n) is 6.17. The number of carbonyl (C=O) groups is 2. The molecule has 224 valence electrons. The van der Waals surface area contributed by atoms with Crippen LogP contribution in [0.4, 0.5) is 16.2 Å². The highest BCUT2D eigenvalue weighted by molar-refractivity contribution is 7.54. The Kier molecular flexibility index (Phi) is 9.42. The van der Waals surface area contributed by atoms with Gasteiger partial charge in [0.1, 0.15) is 25.3 Å². The second-order valence-electron chi connectivity index (χ2n) is 9.18. The lowest BCUT2D eigenvalue weighted by Gasteiger charge is -2.24. The Morgan fingerprint density at radius 2 is 1.90 bits per heavy atom. The minimum Gasteiger partial charge on any atom is -0.465 e. The van der Waals surface area contributed by atoms with E-state index in [2.05, 4.69) is 30.4 Å². The Balaban J connectivity index is 1.54. The van der Waals surface area contributed by atoms with Gasteiger partial charge in [-0.05, 0) is 26.7 Å². The van der Waals surface area contributed by atoms with Gasteiger partial charge < -0.3 is 34.9 Å².